The predicted octanol–water partition coefficient (Wildman–Crippen LogP) is -0.0199. The van der Waals surface area contributed by atoms with E-state index in [1.165, 1.54) is 0 Å². The van der Waals surface area contributed by atoms with Gasteiger partial charge in [-0.2, -0.15) is 9.97 Å². The van der Waals surface area contributed by atoms with Crippen LogP contribution in [-0.4, -0.2) is 48.7 Å². The van der Waals surface area contributed by atoms with Crippen LogP contribution in [0.3, 0.4) is 0 Å². The van der Waals surface area contributed by atoms with Crippen LogP contribution in [0, 0.1) is 0 Å². The number of nitrogens with zero attached hydrogens (tertiary/aromatic N) is 3. The Hall–Kier alpha value is -1.76. The van der Waals surface area contributed by atoms with Crippen molar-refractivity contribution in [3.63, 3.8) is 0 Å². The van der Waals surface area contributed by atoms with Crippen molar-refractivity contribution in [1.29, 1.82) is 0 Å². The SMILES string of the molecule is CCOc1nc(N)nc(OCCN(C)C)c1N. The monoisotopic (exact) mass is 241 g/mol. The molecule has 0 aliphatic rings. The van der Waals surface area contributed by atoms with Crippen LogP contribution < -0.4 is 20.9 Å². The van der Waals surface area contributed by atoms with Crippen LogP contribution in [-0.2, 0) is 0 Å². The fourth-order valence-corrected chi connectivity index (χ4v) is 1.13. The molecule has 0 amide bonds. The highest BCUT2D eigenvalue weighted by molar-refractivity contribution is 5.58. The van der Waals surface area contributed by atoms with Gasteiger partial charge in [0.2, 0.25) is 17.7 Å². The first-order valence-electron chi connectivity index (χ1n) is 5.38. The Morgan fingerprint density at radius 1 is 1.12 bits per heavy atom. The van der Waals surface area contributed by atoms with Crippen molar-refractivity contribution in [1.82, 2.24) is 14.9 Å². The molecular weight excluding hydrogens is 222 g/mol. The number of nitrogens with two attached hydrogens (primary N) is 2. The molecular formula is C10H19N5O2. The molecule has 0 fully saturated rings. The molecule has 7 heteroatoms. The summed E-state index contributed by atoms with van der Waals surface area (Å²) in [5, 5.41) is 0. The number of ether oxygens (including phenoxy) is 2. The average molecular weight is 241 g/mol. The highest BCUT2D eigenvalue weighted by Crippen LogP contribution is 2.28. The van der Waals surface area contributed by atoms with Crippen molar-refractivity contribution in [2.45, 2.75) is 6.92 Å². The van der Waals surface area contributed by atoms with E-state index in [-0.39, 0.29) is 23.4 Å². The fourth-order valence-electron chi connectivity index (χ4n) is 1.13. The Kier molecular flexibility index (Phi) is 4.77. The molecule has 0 saturated carbocycles. The zero-order chi connectivity index (χ0) is 12.8. The van der Waals surface area contributed by atoms with E-state index in [0.29, 0.717) is 13.2 Å². The van der Waals surface area contributed by atoms with Gasteiger partial charge in [0.05, 0.1) is 6.61 Å². The van der Waals surface area contributed by atoms with E-state index < -0.39 is 0 Å². The van der Waals surface area contributed by atoms with Gasteiger partial charge in [-0.15, -0.1) is 0 Å². The highest BCUT2D eigenvalue weighted by atomic mass is 16.5. The second-order valence-electron chi connectivity index (χ2n) is 3.69. The Morgan fingerprint density at radius 2 is 1.71 bits per heavy atom. The molecule has 1 heterocycles. The topological polar surface area (TPSA) is 99.5 Å². The molecule has 7 nitrogen and oxygen atoms in total. The number of nitrogen functional groups attached to an aromatic ring is 2. The van der Waals surface area contributed by atoms with E-state index in [1.54, 1.807) is 0 Å². The second-order valence-corrected chi connectivity index (χ2v) is 3.69. The Morgan fingerprint density at radius 3 is 2.24 bits per heavy atom. The summed E-state index contributed by atoms with van der Waals surface area (Å²) in [4.78, 5) is 9.82. The standard InChI is InChI=1S/C10H19N5O2/c1-4-16-8-7(11)9(14-10(12)13-8)17-6-5-15(2)3/h4-6,11H2,1-3H3,(H2,12,13,14). The van der Waals surface area contributed by atoms with Crippen LogP contribution in [0.2, 0.25) is 0 Å². The number of anilines is 2. The molecule has 96 valence electrons. The van der Waals surface area contributed by atoms with E-state index in [0.717, 1.165) is 6.54 Å². The minimum Gasteiger partial charge on any atom is -0.476 e. The van der Waals surface area contributed by atoms with Gasteiger partial charge < -0.3 is 25.8 Å². The van der Waals surface area contributed by atoms with Crippen LogP contribution in [0.25, 0.3) is 0 Å². The van der Waals surface area contributed by atoms with E-state index in [9.17, 15) is 0 Å². The summed E-state index contributed by atoms with van der Waals surface area (Å²) < 4.78 is 10.7. The lowest BCUT2D eigenvalue weighted by atomic mass is 10.5. The largest absolute Gasteiger partial charge is 0.476 e. The van der Waals surface area contributed by atoms with Gasteiger partial charge in [0, 0.05) is 6.54 Å². The molecule has 0 bridgehead atoms. The summed E-state index contributed by atoms with van der Waals surface area (Å²) in [6, 6.07) is 0. The third-order valence-electron chi connectivity index (χ3n) is 1.95. The quantitative estimate of drug-likeness (QED) is 0.722. The van der Waals surface area contributed by atoms with Crippen molar-refractivity contribution in [3.05, 3.63) is 0 Å². The van der Waals surface area contributed by atoms with Crippen LogP contribution in [0.4, 0.5) is 11.6 Å². The first-order chi connectivity index (χ1) is 8.04. The molecule has 1 aromatic heterocycles. The third kappa shape index (κ3) is 3.95. The van der Waals surface area contributed by atoms with E-state index >= 15 is 0 Å². The lowest BCUT2D eigenvalue weighted by Crippen LogP contribution is -2.20. The molecule has 4 N–H and O–H groups in total. The van der Waals surface area contributed by atoms with Crippen molar-refractivity contribution >= 4 is 11.6 Å². The fraction of sp³-hybridized carbons (Fsp3) is 0.600. The minimum atomic E-state index is 0.0857. The van der Waals surface area contributed by atoms with Crippen molar-refractivity contribution < 1.29 is 9.47 Å². The summed E-state index contributed by atoms with van der Waals surface area (Å²) in [6.45, 7) is 3.52. The summed E-state index contributed by atoms with van der Waals surface area (Å²) in [5.41, 5.74) is 11.6. The summed E-state index contributed by atoms with van der Waals surface area (Å²) in [7, 11) is 3.90. The molecule has 0 unspecified atom stereocenters. The first kappa shape index (κ1) is 13.3. The molecule has 1 aromatic rings. The smallest absolute Gasteiger partial charge is 0.246 e. The molecule has 0 radical (unpaired) electrons. The normalized spacial score (nSPS) is 10.6. The number of hydrogen-bond acceptors (Lipinski definition) is 7. The van der Waals surface area contributed by atoms with Gasteiger partial charge in [-0.3, -0.25) is 0 Å². The molecule has 1 rings (SSSR count). The molecule has 0 aliphatic carbocycles. The van der Waals surface area contributed by atoms with E-state index in [2.05, 4.69) is 9.97 Å². The van der Waals surface area contributed by atoms with Crippen molar-refractivity contribution in [3.8, 4) is 11.8 Å². The Bertz CT molecular complexity index is 370. The van der Waals surface area contributed by atoms with Gasteiger partial charge in [0.25, 0.3) is 0 Å². The minimum absolute atomic E-state index is 0.0857. The van der Waals surface area contributed by atoms with Crippen LogP contribution in [0.1, 0.15) is 6.92 Å². The average Bonchev–Trinajstić information content (AvgIpc) is 2.24. The number of aromatic nitrogens is 2. The zero-order valence-electron chi connectivity index (χ0n) is 10.4. The molecule has 0 aliphatic heterocycles. The number of likely N-dealkylation sites (N-methyl/N-ethyl adjacent to an activating group) is 1. The first-order valence-corrected chi connectivity index (χ1v) is 5.38. The van der Waals surface area contributed by atoms with Crippen molar-refractivity contribution in [2.24, 2.45) is 0 Å². The number of hydrogen-bond donors (Lipinski definition) is 2. The lowest BCUT2D eigenvalue weighted by molar-refractivity contribution is 0.252. The van der Waals surface area contributed by atoms with Gasteiger partial charge in [0.1, 0.15) is 6.61 Å². The molecule has 0 saturated heterocycles. The third-order valence-corrected chi connectivity index (χ3v) is 1.95. The van der Waals surface area contributed by atoms with E-state index in [1.807, 2.05) is 25.9 Å². The summed E-state index contributed by atoms with van der Waals surface area (Å²) in [5.74, 6) is 0.616. The van der Waals surface area contributed by atoms with Gasteiger partial charge >= 0.3 is 0 Å². The molecule has 17 heavy (non-hydrogen) atoms. The van der Waals surface area contributed by atoms with Crippen molar-refractivity contribution in [2.75, 3.05) is 45.3 Å². The Balaban J connectivity index is 2.76. The second kappa shape index (κ2) is 6.09. The van der Waals surface area contributed by atoms with Gasteiger partial charge in [-0.1, -0.05) is 0 Å². The molecule has 0 spiro atoms. The maximum atomic E-state index is 5.81. The zero-order valence-corrected chi connectivity index (χ0v) is 10.4. The maximum absolute atomic E-state index is 5.81. The highest BCUT2D eigenvalue weighted by Gasteiger charge is 2.12. The summed E-state index contributed by atoms with van der Waals surface area (Å²) in [6.07, 6.45) is 0. The predicted molar refractivity (Wildman–Crippen MR) is 66.1 cm³/mol. The van der Waals surface area contributed by atoms with Gasteiger partial charge in [-0.05, 0) is 21.0 Å². The van der Waals surface area contributed by atoms with E-state index in [4.69, 9.17) is 20.9 Å². The summed E-state index contributed by atoms with van der Waals surface area (Å²) >= 11 is 0. The number of rotatable bonds is 6. The lowest BCUT2D eigenvalue weighted by Gasteiger charge is -2.13. The van der Waals surface area contributed by atoms with Crippen LogP contribution >= 0.6 is 0 Å². The van der Waals surface area contributed by atoms with Gasteiger partial charge in [0.15, 0.2) is 5.69 Å². The van der Waals surface area contributed by atoms with Gasteiger partial charge in [-0.25, -0.2) is 0 Å². The maximum Gasteiger partial charge on any atom is 0.246 e. The van der Waals surface area contributed by atoms with Crippen LogP contribution in [0.5, 0.6) is 11.8 Å². The Labute approximate surface area is 101 Å². The molecule has 0 atom stereocenters. The molecule has 0 aromatic carbocycles. The van der Waals surface area contributed by atoms with Crippen LogP contribution in [0.15, 0.2) is 0 Å².